The average Bonchev–Trinajstić information content (AvgIpc) is 2.70. The molecule has 0 bridgehead atoms. The highest BCUT2D eigenvalue weighted by molar-refractivity contribution is 6.31. The fourth-order valence-electron chi connectivity index (χ4n) is 3.10. The van der Waals surface area contributed by atoms with Gasteiger partial charge in [-0.05, 0) is 31.5 Å². The molecule has 144 valence electrons. The second kappa shape index (κ2) is 8.54. The third-order valence-corrected chi connectivity index (χ3v) is 5.22. The Kier molecular flexibility index (Phi) is 6.13. The number of nitrogens with zero attached hydrogens (tertiary/aromatic N) is 4. The molecule has 1 amide bonds. The fourth-order valence-corrected chi connectivity index (χ4v) is 3.25. The van der Waals surface area contributed by atoms with Gasteiger partial charge in [0.25, 0.3) is 0 Å². The van der Waals surface area contributed by atoms with Gasteiger partial charge in [0.1, 0.15) is 5.75 Å². The Morgan fingerprint density at radius 3 is 2.52 bits per heavy atom. The van der Waals surface area contributed by atoms with Crippen molar-refractivity contribution in [3.05, 3.63) is 41.2 Å². The largest absolute Gasteiger partial charge is 0.495 e. The van der Waals surface area contributed by atoms with Gasteiger partial charge in [0, 0.05) is 49.7 Å². The summed E-state index contributed by atoms with van der Waals surface area (Å²) in [4.78, 5) is 25.6. The number of halogens is 1. The molecule has 1 fully saturated rings. The summed E-state index contributed by atoms with van der Waals surface area (Å²) in [5.41, 5.74) is 1.52. The van der Waals surface area contributed by atoms with Crippen LogP contribution in [0.25, 0.3) is 0 Å². The standard InChI is InChI=1S/C19H24ClN5O2/c1-13-11-16(17(27-3)12-15(13)20)23-18(26)14(2)24-7-9-25(10-8-24)19-21-5-4-6-22-19/h4-6,11-12,14H,7-10H2,1-3H3,(H,23,26)/t14-/m0/s1. The van der Waals surface area contributed by atoms with Gasteiger partial charge in [-0.15, -0.1) is 0 Å². The zero-order chi connectivity index (χ0) is 19.4. The minimum absolute atomic E-state index is 0.0700. The normalized spacial score (nSPS) is 16.1. The summed E-state index contributed by atoms with van der Waals surface area (Å²) in [5, 5.41) is 3.58. The van der Waals surface area contributed by atoms with Crippen LogP contribution in [0.5, 0.6) is 5.75 Å². The van der Waals surface area contributed by atoms with Crippen LogP contribution in [0.15, 0.2) is 30.6 Å². The third-order valence-electron chi connectivity index (χ3n) is 4.82. The molecule has 27 heavy (non-hydrogen) atoms. The first-order valence-corrected chi connectivity index (χ1v) is 9.28. The molecule has 0 unspecified atom stereocenters. The van der Waals surface area contributed by atoms with Crippen LogP contribution in [-0.2, 0) is 4.79 Å². The fraction of sp³-hybridized carbons (Fsp3) is 0.421. The first-order valence-electron chi connectivity index (χ1n) is 8.90. The third kappa shape index (κ3) is 4.48. The molecular formula is C19H24ClN5O2. The first-order chi connectivity index (χ1) is 13.0. The molecule has 0 saturated carbocycles. The van der Waals surface area contributed by atoms with Gasteiger partial charge in [-0.2, -0.15) is 0 Å². The Labute approximate surface area is 164 Å². The van der Waals surface area contributed by atoms with Gasteiger partial charge in [0.2, 0.25) is 11.9 Å². The smallest absolute Gasteiger partial charge is 0.241 e. The quantitative estimate of drug-likeness (QED) is 0.847. The summed E-state index contributed by atoms with van der Waals surface area (Å²) in [6, 6.07) is 5.09. The summed E-state index contributed by atoms with van der Waals surface area (Å²) >= 11 is 6.13. The Balaban J connectivity index is 1.61. The molecule has 2 heterocycles. The highest BCUT2D eigenvalue weighted by atomic mass is 35.5. The van der Waals surface area contributed by atoms with Gasteiger partial charge in [0.15, 0.2) is 0 Å². The monoisotopic (exact) mass is 389 g/mol. The van der Waals surface area contributed by atoms with Crippen LogP contribution < -0.4 is 15.0 Å². The van der Waals surface area contributed by atoms with Crippen molar-refractivity contribution < 1.29 is 9.53 Å². The molecule has 1 aromatic heterocycles. The van der Waals surface area contributed by atoms with Crippen LogP contribution in [0.2, 0.25) is 5.02 Å². The minimum atomic E-state index is -0.260. The number of rotatable bonds is 5. The highest BCUT2D eigenvalue weighted by Crippen LogP contribution is 2.31. The zero-order valence-electron chi connectivity index (χ0n) is 15.8. The molecule has 1 atom stereocenters. The molecule has 3 rings (SSSR count). The molecule has 2 aromatic rings. The summed E-state index contributed by atoms with van der Waals surface area (Å²) in [7, 11) is 1.56. The number of carbonyl (C=O) groups excluding carboxylic acids is 1. The Bertz CT molecular complexity index is 794. The van der Waals surface area contributed by atoms with E-state index in [1.807, 2.05) is 19.9 Å². The number of hydrogen-bond acceptors (Lipinski definition) is 6. The number of carbonyl (C=O) groups is 1. The number of benzene rings is 1. The maximum absolute atomic E-state index is 12.7. The lowest BCUT2D eigenvalue weighted by Gasteiger charge is -2.37. The predicted octanol–water partition coefficient (Wildman–Crippen LogP) is 2.60. The van der Waals surface area contributed by atoms with E-state index < -0.39 is 0 Å². The van der Waals surface area contributed by atoms with E-state index >= 15 is 0 Å². The first kappa shape index (κ1) is 19.4. The molecule has 8 heteroatoms. The average molecular weight is 390 g/mol. The lowest BCUT2D eigenvalue weighted by atomic mass is 10.1. The Morgan fingerprint density at radius 1 is 1.22 bits per heavy atom. The predicted molar refractivity (Wildman–Crippen MR) is 107 cm³/mol. The van der Waals surface area contributed by atoms with Crippen molar-refractivity contribution in [3.8, 4) is 5.75 Å². The molecule has 1 aromatic carbocycles. The number of ether oxygens (including phenoxy) is 1. The van der Waals surface area contributed by atoms with Gasteiger partial charge >= 0.3 is 0 Å². The number of amides is 1. The maximum atomic E-state index is 12.7. The number of aryl methyl sites for hydroxylation is 1. The van der Waals surface area contributed by atoms with Crippen molar-refractivity contribution in [2.24, 2.45) is 0 Å². The number of methoxy groups -OCH3 is 1. The summed E-state index contributed by atoms with van der Waals surface area (Å²) in [5.74, 6) is 1.22. The van der Waals surface area contributed by atoms with Gasteiger partial charge in [0.05, 0.1) is 18.8 Å². The molecule has 0 radical (unpaired) electrons. The molecule has 0 aliphatic carbocycles. The number of anilines is 2. The molecule has 1 aliphatic rings. The van der Waals surface area contributed by atoms with Crippen LogP contribution in [0.1, 0.15) is 12.5 Å². The summed E-state index contributed by atoms with van der Waals surface area (Å²) in [6.07, 6.45) is 3.48. The Morgan fingerprint density at radius 2 is 1.89 bits per heavy atom. The van der Waals surface area contributed by atoms with Crippen molar-refractivity contribution in [2.45, 2.75) is 19.9 Å². The molecule has 1 N–H and O–H groups in total. The van der Waals surface area contributed by atoms with Gasteiger partial charge in [-0.25, -0.2) is 9.97 Å². The van der Waals surface area contributed by atoms with Gasteiger partial charge in [-0.1, -0.05) is 11.6 Å². The van der Waals surface area contributed by atoms with E-state index in [4.69, 9.17) is 16.3 Å². The molecule has 0 spiro atoms. The van der Waals surface area contributed by atoms with E-state index in [0.29, 0.717) is 16.5 Å². The van der Waals surface area contributed by atoms with E-state index in [2.05, 4.69) is 25.1 Å². The topological polar surface area (TPSA) is 70.6 Å². The van der Waals surface area contributed by atoms with Crippen LogP contribution in [0.3, 0.4) is 0 Å². The summed E-state index contributed by atoms with van der Waals surface area (Å²) < 4.78 is 5.34. The van der Waals surface area contributed by atoms with Crippen molar-refractivity contribution in [1.29, 1.82) is 0 Å². The molecule has 1 saturated heterocycles. The highest BCUT2D eigenvalue weighted by Gasteiger charge is 2.27. The number of piperazine rings is 1. The van der Waals surface area contributed by atoms with Crippen molar-refractivity contribution in [1.82, 2.24) is 14.9 Å². The van der Waals surface area contributed by atoms with Crippen LogP contribution in [-0.4, -0.2) is 60.1 Å². The van der Waals surface area contributed by atoms with E-state index in [1.54, 1.807) is 31.6 Å². The molecule has 7 nitrogen and oxygen atoms in total. The van der Waals surface area contributed by atoms with Crippen LogP contribution in [0, 0.1) is 6.92 Å². The summed E-state index contributed by atoms with van der Waals surface area (Å²) in [6.45, 7) is 6.91. The number of hydrogen-bond donors (Lipinski definition) is 1. The second-order valence-electron chi connectivity index (χ2n) is 6.54. The van der Waals surface area contributed by atoms with Gasteiger partial charge < -0.3 is 15.0 Å². The molecular weight excluding hydrogens is 366 g/mol. The maximum Gasteiger partial charge on any atom is 0.241 e. The second-order valence-corrected chi connectivity index (χ2v) is 6.95. The number of aromatic nitrogens is 2. The van der Waals surface area contributed by atoms with E-state index in [1.165, 1.54) is 0 Å². The van der Waals surface area contributed by atoms with E-state index in [9.17, 15) is 4.79 Å². The lowest BCUT2D eigenvalue weighted by Crippen LogP contribution is -2.53. The molecule has 1 aliphatic heterocycles. The van der Waals surface area contributed by atoms with Crippen molar-refractivity contribution >= 4 is 29.1 Å². The van der Waals surface area contributed by atoms with Crippen LogP contribution in [0.4, 0.5) is 11.6 Å². The van der Waals surface area contributed by atoms with Crippen molar-refractivity contribution in [3.63, 3.8) is 0 Å². The number of nitrogens with one attached hydrogen (secondary N) is 1. The lowest BCUT2D eigenvalue weighted by molar-refractivity contribution is -0.120. The van der Waals surface area contributed by atoms with E-state index in [-0.39, 0.29) is 11.9 Å². The minimum Gasteiger partial charge on any atom is -0.495 e. The Hall–Kier alpha value is -2.38. The van der Waals surface area contributed by atoms with E-state index in [0.717, 1.165) is 37.7 Å². The zero-order valence-corrected chi connectivity index (χ0v) is 16.5. The van der Waals surface area contributed by atoms with Gasteiger partial charge in [-0.3, -0.25) is 9.69 Å². The van der Waals surface area contributed by atoms with Crippen molar-refractivity contribution in [2.75, 3.05) is 43.5 Å². The van der Waals surface area contributed by atoms with Crippen LogP contribution >= 0.6 is 11.6 Å². The SMILES string of the molecule is COc1cc(Cl)c(C)cc1NC(=O)[C@H](C)N1CCN(c2ncccn2)CC1.